The second-order valence-corrected chi connectivity index (χ2v) is 5.00. The Hall–Kier alpha value is -1.65. The van der Waals surface area contributed by atoms with Gasteiger partial charge in [-0.25, -0.2) is 0 Å². The van der Waals surface area contributed by atoms with Gasteiger partial charge in [0.15, 0.2) is 5.82 Å². The molecule has 7 heteroatoms. The van der Waals surface area contributed by atoms with E-state index in [1.807, 2.05) is 11.4 Å². The first-order valence-corrected chi connectivity index (χ1v) is 6.27. The summed E-state index contributed by atoms with van der Waals surface area (Å²) in [5, 5.41) is 17.3. The van der Waals surface area contributed by atoms with E-state index in [9.17, 15) is 4.79 Å². The topological polar surface area (TPSA) is 70.7 Å². The maximum atomic E-state index is 11.9. The number of anilines is 1. The Labute approximate surface area is 110 Å². The van der Waals surface area contributed by atoms with E-state index in [0.29, 0.717) is 10.4 Å². The Morgan fingerprint density at radius 1 is 1.71 bits per heavy atom. The number of nitriles is 1. The fourth-order valence-electron chi connectivity index (χ4n) is 1.28. The summed E-state index contributed by atoms with van der Waals surface area (Å²) in [6.07, 6.45) is 1.55. The van der Waals surface area contributed by atoms with Crippen LogP contribution in [-0.4, -0.2) is 15.7 Å². The first kappa shape index (κ1) is 11.8. The Morgan fingerprint density at radius 3 is 3.06 bits per heavy atom. The van der Waals surface area contributed by atoms with Crippen LogP contribution in [0.3, 0.4) is 0 Å². The molecule has 2 aromatic rings. The minimum Gasteiger partial charge on any atom is -0.303 e. The van der Waals surface area contributed by atoms with Crippen molar-refractivity contribution in [3.05, 3.63) is 32.6 Å². The summed E-state index contributed by atoms with van der Waals surface area (Å²) in [4.78, 5) is 12.4. The van der Waals surface area contributed by atoms with Crippen molar-refractivity contribution < 1.29 is 4.79 Å². The molecule has 0 unspecified atom stereocenters. The summed E-state index contributed by atoms with van der Waals surface area (Å²) in [6, 6.07) is 3.77. The third-order valence-electron chi connectivity index (χ3n) is 2.00. The molecule has 0 radical (unpaired) electrons. The molecule has 0 fully saturated rings. The van der Waals surface area contributed by atoms with Gasteiger partial charge in [-0.05, 0) is 27.4 Å². The number of thiophene rings is 1. The van der Waals surface area contributed by atoms with Gasteiger partial charge >= 0.3 is 0 Å². The van der Waals surface area contributed by atoms with Crippen molar-refractivity contribution in [2.75, 3.05) is 5.32 Å². The van der Waals surface area contributed by atoms with Crippen LogP contribution in [0.4, 0.5) is 5.82 Å². The minimum absolute atomic E-state index is 0.276. The van der Waals surface area contributed by atoms with Crippen molar-refractivity contribution >= 4 is 39.0 Å². The van der Waals surface area contributed by atoms with E-state index in [-0.39, 0.29) is 11.7 Å². The lowest BCUT2D eigenvalue weighted by molar-refractivity contribution is 0.102. The van der Waals surface area contributed by atoms with E-state index in [0.717, 1.165) is 4.47 Å². The maximum Gasteiger partial charge on any atom is 0.268 e. The highest BCUT2D eigenvalue weighted by Gasteiger charge is 2.15. The van der Waals surface area contributed by atoms with Gasteiger partial charge in [0.05, 0.1) is 0 Å². The lowest BCUT2D eigenvalue weighted by Crippen LogP contribution is -2.12. The fourth-order valence-corrected chi connectivity index (χ4v) is 2.73. The number of hydrogen-bond acceptors (Lipinski definition) is 4. The second kappa shape index (κ2) is 4.69. The van der Waals surface area contributed by atoms with E-state index in [1.165, 1.54) is 16.0 Å². The molecule has 0 aliphatic carbocycles. The van der Waals surface area contributed by atoms with Crippen molar-refractivity contribution in [2.45, 2.75) is 0 Å². The number of aryl methyl sites for hydroxylation is 1. The van der Waals surface area contributed by atoms with Gasteiger partial charge in [-0.15, -0.1) is 11.3 Å². The highest BCUT2D eigenvalue weighted by Crippen LogP contribution is 2.24. The molecule has 2 aromatic heterocycles. The number of amides is 1. The van der Waals surface area contributed by atoms with Crippen molar-refractivity contribution in [3.8, 4) is 6.07 Å². The Balaban J connectivity index is 2.25. The Kier molecular flexibility index (Phi) is 3.26. The molecular weight excluding hydrogens is 304 g/mol. The average Bonchev–Trinajstić information content (AvgIpc) is 2.84. The molecule has 1 N–H and O–H groups in total. The van der Waals surface area contributed by atoms with Crippen LogP contribution in [0, 0.1) is 11.3 Å². The summed E-state index contributed by atoms with van der Waals surface area (Å²) >= 11 is 4.60. The van der Waals surface area contributed by atoms with E-state index < -0.39 is 0 Å². The SMILES string of the molecule is Cn1cc(C#N)c(NC(=O)c2sccc2Br)n1. The summed E-state index contributed by atoms with van der Waals surface area (Å²) in [6.45, 7) is 0. The van der Waals surface area contributed by atoms with Crippen molar-refractivity contribution in [1.29, 1.82) is 5.26 Å². The molecule has 0 spiro atoms. The molecule has 0 bridgehead atoms. The smallest absolute Gasteiger partial charge is 0.268 e. The summed E-state index contributed by atoms with van der Waals surface area (Å²) < 4.78 is 2.21. The van der Waals surface area contributed by atoms with Crippen LogP contribution in [0.2, 0.25) is 0 Å². The van der Waals surface area contributed by atoms with Gasteiger partial charge in [0.25, 0.3) is 5.91 Å². The minimum atomic E-state index is -0.276. The van der Waals surface area contributed by atoms with Gasteiger partial charge in [0.2, 0.25) is 0 Å². The van der Waals surface area contributed by atoms with Gasteiger partial charge in [-0.1, -0.05) is 0 Å². The zero-order valence-corrected chi connectivity index (χ0v) is 11.2. The lowest BCUT2D eigenvalue weighted by Gasteiger charge is -2.00. The van der Waals surface area contributed by atoms with E-state index in [2.05, 4.69) is 26.3 Å². The van der Waals surface area contributed by atoms with Crippen molar-refractivity contribution in [1.82, 2.24) is 9.78 Å². The maximum absolute atomic E-state index is 11.9. The quantitative estimate of drug-likeness (QED) is 0.925. The number of carbonyl (C=O) groups is 1. The zero-order valence-electron chi connectivity index (χ0n) is 8.77. The molecule has 0 saturated heterocycles. The van der Waals surface area contributed by atoms with E-state index in [4.69, 9.17) is 5.26 Å². The third kappa shape index (κ3) is 2.38. The van der Waals surface area contributed by atoms with Crippen molar-refractivity contribution in [2.24, 2.45) is 7.05 Å². The number of nitrogens with zero attached hydrogens (tertiary/aromatic N) is 3. The number of nitrogens with one attached hydrogen (secondary N) is 1. The number of carbonyl (C=O) groups excluding carboxylic acids is 1. The third-order valence-corrected chi connectivity index (χ3v) is 3.84. The number of rotatable bonds is 2. The van der Waals surface area contributed by atoms with Gasteiger partial charge in [-0.2, -0.15) is 10.4 Å². The molecule has 0 aliphatic heterocycles. The van der Waals surface area contributed by atoms with Gasteiger partial charge in [0, 0.05) is 17.7 Å². The Morgan fingerprint density at radius 2 is 2.47 bits per heavy atom. The largest absolute Gasteiger partial charge is 0.303 e. The van der Waals surface area contributed by atoms with Gasteiger partial charge < -0.3 is 5.32 Å². The van der Waals surface area contributed by atoms with Crippen LogP contribution in [-0.2, 0) is 7.05 Å². The number of halogens is 1. The predicted octanol–water partition coefficient (Wildman–Crippen LogP) is 2.37. The molecule has 5 nitrogen and oxygen atoms in total. The molecule has 0 atom stereocenters. The molecule has 2 heterocycles. The number of hydrogen-bond donors (Lipinski definition) is 1. The molecule has 17 heavy (non-hydrogen) atoms. The first-order valence-electron chi connectivity index (χ1n) is 4.60. The lowest BCUT2D eigenvalue weighted by atomic mass is 10.3. The number of aromatic nitrogens is 2. The first-order chi connectivity index (χ1) is 8.11. The molecule has 0 aliphatic rings. The van der Waals surface area contributed by atoms with Crippen LogP contribution < -0.4 is 5.32 Å². The molecule has 2 rings (SSSR count). The van der Waals surface area contributed by atoms with Crippen molar-refractivity contribution in [3.63, 3.8) is 0 Å². The molecular formula is C10H7BrN4OS. The van der Waals surface area contributed by atoms with Crippen LogP contribution in [0.5, 0.6) is 0 Å². The highest BCUT2D eigenvalue weighted by atomic mass is 79.9. The highest BCUT2D eigenvalue weighted by molar-refractivity contribution is 9.10. The summed E-state index contributed by atoms with van der Waals surface area (Å²) in [5.74, 6) is 0.00220. The van der Waals surface area contributed by atoms with Crippen LogP contribution >= 0.6 is 27.3 Å². The van der Waals surface area contributed by atoms with Crippen LogP contribution in [0.1, 0.15) is 15.2 Å². The summed E-state index contributed by atoms with van der Waals surface area (Å²) in [7, 11) is 1.69. The van der Waals surface area contributed by atoms with Gasteiger partial charge in [0.1, 0.15) is 16.5 Å². The predicted molar refractivity (Wildman–Crippen MR) is 67.9 cm³/mol. The second-order valence-electron chi connectivity index (χ2n) is 3.23. The van der Waals surface area contributed by atoms with Gasteiger partial charge in [-0.3, -0.25) is 9.48 Å². The zero-order chi connectivity index (χ0) is 12.4. The normalized spacial score (nSPS) is 9.94. The Bertz CT molecular complexity index is 610. The molecule has 86 valence electrons. The average molecular weight is 311 g/mol. The molecule has 0 aromatic carbocycles. The van der Waals surface area contributed by atoms with Crippen LogP contribution in [0.15, 0.2) is 22.1 Å². The molecule has 0 saturated carbocycles. The summed E-state index contributed by atoms with van der Waals surface area (Å²) in [5.41, 5.74) is 0.341. The fraction of sp³-hybridized carbons (Fsp3) is 0.100. The standard InChI is InChI=1S/C10H7BrN4OS/c1-15-5-6(4-12)9(14-15)13-10(16)8-7(11)2-3-17-8/h2-3,5H,1H3,(H,13,14,16). The van der Waals surface area contributed by atoms with Crippen LogP contribution in [0.25, 0.3) is 0 Å². The van der Waals surface area contributed by atoms with E-state index >= 15 is 0 Å². The molecule has 1 amide bonds. The van der Waals surface area contributed by atoms with E-state index in [1.54, 1.807) is 19.3 Å². The monoisotopic (exact) mass is 310 g/mol.